The number of hydrogen-bond donors (Lipinski definition) is 0. The number of benzene rings is 2. The minimum absolute atomic E-state index is 0.111. The van der Waals surface area contributed by atoms with Crippen molar-refractivity contribution >= 4 is 11.8 Å². The van der Waals surface area contributed by atoms with Gasteiger partial charge in [0.15, 0.2) is 23.0 Å². The molecular formula is C21H20N2O6. The van der Waals surface area contributed by atoms with Crippen LogP contribution in [0.2, 0.25) is 0 Å². The predicted molar refractivity (Wildman–Crippen MR) is 101 cm³/mol. The lowest BCUT2D eigenvalue weighted by Gasteiger charge is -2.39. The minimum atomic E-state index is -0.499. The first-order chi connectivity index (χ1) is 14.1. The zero-order chi connectivity index (χ0) is 20.0. The first-order valence-electron chi connectivity index (χ1n) is 9.45. The number of ether oxygens (including phenoxy) is 4. The normalized spacial score (nSPS) is 19.8. The van der Waals surface area contributed by atoms with Crippen LogP contribution in [-0.2, 0) is 22.7 Å². The molecule has 0 N–H and O–H groups in total. The molecule has 150 valence electrons. The van der Waals surface area contributed by atoms with Gasteiger partial charge in [-0.05, 0) is 42.3 Å². The zero-order valence-electron chi connectivity index (χ0n) is 15.9. The molecule has 0 aromatic heterocycles. The Morgan fingerprint density at radius 2 is 1.34 bits per heavy atom. The molecule has 3 heterocycles. The smallest absolute Gasteiger partial charge is 0.312 e. The van der Waals surface area contributed by atoms with Gasteiger partial charge < -0.3 is 28.7 Å². The Labute approximate surface area is 167 Å². The molecule has 5 rings (SSSR count). The second-order valence-electron chi connectivity index (χ2n) is 7.34. The third-order valence-electron chi connectivity index (χ3n) is 5.35. The van der Waals surface area contributed by atoms with Crippen LogP contribution in [-0.4, -0.2) is 47.8 Å². The molecule has 2 aromatic rings. The van der Waals surface area contributed by atoms with E-state index in [2.05, 4.69) is 0 Å². The molecule has 3 aliphatic rings. The van der Waals surface area contributed by atoms with Gasteiger partial charge in [-0.25, -0.2) is 0 Å². The quantitative estimate of drug-likeness (QED) is 0.735. The second-order valence-corrected chi connectivity index (χ2v) is 7.34. The van der Waals surface area contributed by atoms with Crippen LogP contribution in [0, 0.1) is 0 Å². The molecule has 0 aliphatic carbocycles. The predicted octanol–water partition coefficient (Wildman–Crippen LogP) is 1.90. The highest BCUT2D eigenvalue weighted by Gasteiger charge is 2.37. The van der Waals surface area contributed by atoms with E-state index in [9.17, 15) is 9.59 Å². The monoisotopic (exact) mass is 396 g/mol. The van der Waals surface area contributed by atoms with Crippen molar-refractivity contribution in [1.82, 2.24) is 9.80 Å². The molecule has 2 amide bonds. The molecule has 8 nitrogen and oxygen atoms in total. The standard InChI is InChI=1S/C21H20N2O6/c1-13-8-22(9-14-2-4-16-18(6-14)28-11-26-16)20(24)21(25)23(13)10-15-3-5-17-19(7-15)29-12-27-17/h2-7,13H,8-12H2,1H3/t13-/m0/s1. The number of amides is 2. The highest BCUT2D eigenvalue weighted by atomic mass is 16.7. The third kappa shape index (κ3) is 3.20. The van der Waals surface area contributed by atoms with Crippen molar-refractivity contribution in [3.05, 3.63) is 47.5 Å². The summed E-state index contributed by atoms with van der Waals surface area (Å²) in [5.74, 6) is 1.71. The largest absolute Gasteiger partial charge is 0.454 e. The molecule has 2 aromatic carbocycles. The van der Waals surface area contributed by atoms with Crippen molar-refractivity contribution in [3.8, 4) is 23.0 Å². The summed E-state index contributed by atoms with van der Waals surface area (Å²) in [7, 11) is 0. The lowest BCUT2D eigenvalue weighted by Crippen LogP contribution is -2.57. The number of hydrogen-bond acceptors (Lipinski definition) is 6. The summed E-state index contributed by atoms with van der Waals surface area (Å²) in [4.78, 5) is 28.7. The van der Waals surface area contributed by atoms with E-state index in [1.807, 2.05) is 43.3 Å². The molecule has 0 bridgehead atoms. The highest BCUT2D eigenvalue weighted by Crippen LogP contribution is 2.34. The van der Waals surface area contributed by atoms with Crippen molar-refractivity contribution in [3.63, 3.8) is 0 Å². The van der Waals surface area contributed by atoms with Crippen molar-refractivity contribution in [2.45, 2.75) is 26.1 Å². The lowest BCUT2D eigenvalue weighted by molar-refractivity contribution is -0.159. The molecule has 0 saturated carbocycles. The van der Waals surface area contributed by atoms with E-state index in [4.69, 9.17) is 18.9 Å². The molecular weight excluding hydrogens is 376 g/mol. The average Bonchev–Trinajstić information content (AvgIpc) is 3.37. The van der Waals surface area contributed by atoms with Crippen LogP contribution >= 0.6 is 0 Å². The Morgan fingerprint density at radius 1 is 0.793 bits per heavy atom. The van der Waals surface area contributed by atoms with Gasteiger partial charge in [-0.15, -0.1) is 0 Å². The first kappa shape index (κ1) is 17.7. The van der Waals surface area contributed by atoms with Crippen LogP contribution in [0.4, 0.5) is 0 Å². The summed E-state index contributed by atoms with van der Waals surface area (Å²) in [5, 5.41) is 0. The van der Waals surface area contributed by atoms with E-state index in [1.54, 1.807) is 9.80 Å². The summed E-state index contributed by atoms with van der Waals surface area (Å²) in [5.41, 5.74) is 1.79. The van der Waals surface area contributed by atoms with Gasteiger partial charge in [0.1, 0.15) is 0 Å². The van der Waals surface area contributed by atoms with Gasteiger partial charge in [0.05, 0.1) is 0 Å². The van der Waals surface area contributed by atoms with Gasteiger partial charge in [0, 0.05) is 25.7 Å². The maximum Gasteiger partial charge on any atom is 0.312 e. The molecule has 8 heteroatoms. The van der Waals surface area contributed by atoms with E-state index in [1.165, 1.54) is 0 Å². The van der Waals surface area contributed by atoms with Crippen LogP contribution in [0.25, 0.3) is 0 Å². The summed E-state index contributed by atoms with van der Waals surface area (Å²) >= 11 is 0. The number of carbonyl (C=O) groups is 2. The molecule has 0 unspecified atom stereocenters. The first-order valence-corrected chi connectivity index (χ1v) is 9.45. The Morgan fingerprint density at radius 3 is 1.97 bits per heavy atom. The van der Waals surface area contributed by atoms with Crippen LogP contribution in [0.1, 0.15) is 18.1 Å². The highest BCUT2D eigenvalue weighted by molar-refractivity contribution is 6.35. The Hall–Kier alpha value is -3.42. The van der Waals surface area contributed by atoms with E-state index in [0.29, 0.717) is 42.6 Å². The molecule has 0 spiro atoms. The van der Waals surface area contributed by atoms with Crippen molar-refractivity contribution in [2.24, 2.45) is 0 Å². The van der Waals surface area contributed by atoms with Crippen LogP contribution in [0.3, 0.4) is 0 Å². The van der Waals surface area contributed by atoms with Crippen molar-refractivity contribution in [2.75, 3.05) is 20.1 Å². The molecule has 29 heavy (non-hydrogen) atoms. The van der Waals surface area contributed by atoms with Crippen LogP contribution in [0.15, 0.2) is 36.4 Å². The Balaban J connectivity index is 1.29. The molecule has 0 radical (unpaired) electrons. The van der Waals surface area contributed by atoms with Gasteiger partial charge >= 0.3 is 11.8 Å². The summed E-state index contributed by atoms with van der Waals surface area (Å²) in [6, 6.07) is 11.0. The number of fused-ring (bicyclic) bond motifs is 2. The SMILES string of the molecule is C[C@H]1CN(Cc2ccc3c(c2)OCO3)C(=O)C(=O)N1Cc1ccc2c(c1)OCO2. The van der Waals surface area contributed by atoms with E-state index in [-0.39, 0.29) is 19.6 Å². The minimum Gasteiger partial charge on any atom is -0.454 e. The van der Waals surface area contributed by atoms with Crippen molar-refractivity contribution in [1.29, 1.82) is 0 Å². The number of carbonyl (C=O) groups excluding carboxylic acids is 2. The molecule has 1 fully saturated rings. The van der Waals surface area contributed by atoms with Gasteiger partial charge in [-0.2, -0.15) is 0 Å². The lowest BCUT2D eigenvalue weighted by atomic mass is 10.1. The van der Waals surface area contributed by atoms with Crippen LogP contribution in [0.5, 0.6) is 23.0 Å². The molecule has 3 aliphatic heterocycles. The third-order valence-corrected chi connectivity index (χ3v) is 5.35. The summed E-state index contributed by atoms with van der Waals surface area (Å²) < 4.78 is 21.4. The number of piperazine rings is 1. The molecule has 1 saturated heterocycles. The Bertz CT molecular complexity index is 991. The maximum atomic E-state index is 12.8. The fourth-order valence-corrected chi connectivity index (χ4v) is 3.82. The van der Waals surface area contributed by atoms with E-state index >= 15 is 0 Å². The maximum absolute atomic E-state index is 12.8. The van der Waals surface area contributed by atoms with E-state index in [0.717, 1.165) is 11.1 Å². The molecule has 1 atom stereocenters. The van der Waals surface area contributed by atoms with E-state index < -0.39 is 11.8 Å². The second kappa shape index (κ2) is 6.88. The zero-order valence-corrected chi connectivity index (χ0v) is 15.9. The number of nitrogens with zero attached hydrogens (tertiary/aromatic N) is 2. The number of rotatable bonds is 4. The average molecular weight is 396 g/mol. The van der Waals surface area contributed by atoms with Gasteiger partial charge in [0.25, 0.3) is 0 Å². The van der Waals surface area contributed by atoms with Gasteiger partial charge in [0.2, 0.25) is 13.6 Å². The summed E-state index contributed by atoms with van der Waals surface area (Å²) in [6.07, 6.45) is 0. The van der Waals surface area contributed by atoms with Crippen LogP contribution < -0.4 is 18.9 Å². The van der Waals surface area contributed by atoms with Crippen molar-refractivity contribution < 1.29 is 28.5 Å². The summed E-state index contributed by atoms with van der Waals surface area (Å²) in [6.45, 7) is 3.51. The van der Waals surface area contributed by atoms with Gasteiger partial charge in [-0.3, -0.25) is 9.59 Å². The Kier molecular flexibility index (Phi) is 4.19. The fraction of sp³-hybridized carbons (Fsp3) is 0.333. The fourth-order valence-electron chi connectivity index (χ4n) is 3.82. The van der Waals surface area contributed by atoms with Gasteiger partial charge in [-0.1, -0.05) is 12.1 Å². The topological polar surface area (TPSA) is 77.5 Å².